The highest BCUT2D eigenvalue weighted by Gasteiger charge is 2.38. The van der Waals surface area contributed by atoms with Crippen LogP contribution in [0.25, 0.3) is 0 Å². The number of piperidine rings is 2. The lowest BCUT2D eigenvalue weighted by Gasteiger charge is -2.29. The summed E-state index contributed by atoms with van der Waals surface area (Å²) in [4.78, 5) is 21.4. The summed E-state index contributed by atoms with van der Waals surface area (Å²) in [5.74, 6) is -1.62. The van der Waals surface area contributed by atoms with Crippen molar-refractivity contribution in [3.8, 4) is 0 Å². The molecule has 2 heterocycles. The van der Waals surface area contributed by atoms with E-state index in [9.17, 15) is 19.8 Å². The van der Waals surface area contributed by atoms with E-state index in [-0.39, 0.29) is 12.4 Å². The number of carboxylic acids is 1. The molecule has 0 radical (unpaired) electrons. The minimum atomic E-state index is -1.47. The molecular weight excluding hydrogens is 316 g/mol. The SMILES string of the molecule is COC(=O)C1(O)CCNCC1.Cl.O=C(O)C1(O)CCNCC1. The number of carboxylic acid groups (broad SMARTS) is 1. The third-order valence-corrected chi connectivity index (χ3v) is 3.82. The van der Waals surface area contributed by atoms with Crippen LogP contribution < -0.4 is 10.6 Å². The fourth-order valence-corrected chi connectivity index (χ4v) is 2.29. The molecule has 0 aliphatic carbocycles. The lowest BCUT2D eigenvalue weighted by atomic mass is 9.93. The Hall–Kier alpha value is -0.930. The van der Waals surface area contributed by atoms with E-state index in [2.05, 4.69) is 15.4 Å². The van der Waals surface area contributed by atoms with Crippen molar-refractivity contribution in [3.05, 3.63) is 0 Å². The number of ether oxygens (including phenoxy) is 1. The molecule has 0 amide bonds. The van der Waals surface area contributed by atoms with Gasteiger partial charge in [-0.2, -0.15) is 0 Å². The fraction of sp³-hybridized carbons (Fsp3) is 0.846. The predicted octanol–water partition coefficient (Wildman–Crippen LogP) is -1.12. The fourth-order valence-electron chi connectivity index (χ4n) is 2.29. The molecule has 0 atom stereocenters. The van der Waals surface area contributed by atoms with E-state index < -0.39 is 23.1 Å². The zero-order valence-electron chi connectivity index (χ0n) is 12.6. The van der Waals surface area contributed by atoms with Crippen LogP contribution in [0, 0.1) is 0 Å². The second-order valence-corrected chi connectivity index (χ2v) is 5.36. The molecule has 130 valence electrons. The maximum absolute atomic E-state index is 11.0. The Kier molecular flexibility index (Phi) is 8.87. The molecule has 0 aromatic heterocycles. The van der Waals surface area contributed by atoms with Crippen LogP contribution >= 0.6 is 12.4 Å². The highest BCUT2D eigenvalue weighted by atomic mass is 35.5. The van der Waals surface area contributed by atoms with Gasteiger partial charge in [-0.1, -0.05) is 0 Å². The summed E-state index contributed by atoms with van der Waals surface area (Å²) in [6, 6.07) is 0. The van der Waals surface area contributed by atoms with E-state index in [1.165, 1.54) is 7.11 Å². The smallest absolute Gasteiger partial charge is 0.337 e. The van der Waals surface area contributed by atoms with E-state index in [1.54, 1.807) is 0 Å². The molecule has 0 saturated carbocycles. The Labute approximate surface area is 135 Å². The third-order valence-electron chi connectivity index (χ3n) is 3.82. The van der Waals surface area contributed by atoms with Gasteiger partial charge >= 0.3 is 11.9 Å². The topological polar surface area (TPSA) is 128 Å². The maximum Gasteiger partial charge on any atom is 0.337 e. The molecule has 0 aromatic carbocycles. The number of carbonyl (C=O) groups excluding carboxylic acids is 1. The van der Waals surface area contributed by atoms with Gasteiger partial charge in [0.15, 0.2) is 11.2 Å². The van der Waals surface area contributed by atoms with E-state index in [4.69, 9.17) is 5.11 Å². The second-order valence-electron chi connectivity index (χ2n) is 5.36. The lowest BCUT2D eigenvalue weighted by Crippen LogP contribution is -2.48. The molecule has 22 heavy (non-hydrogen) atoms. The van der Waals surface area contributed by atoms with E-state index in [0.717, 1.165) is 0 Å². The first kappa shape index (κ1) is 21.1. The quantitative estimate of drug-likeness (QED) is 0.400. The molecule has 0 spiro atoms. The number of aliphatic carboxylic acids is 1. The summed E-state index contributed by atoms with van der Waals surface area (Å²) in [5, 5.41) is 33.5. The van der Waals surface area contributed by atoms with Crippen LogP contribution in [0.1, 0.15) is 25.7 Å². The molecule has 2 aliphatic rings. The van der Waals surface area contributed by atoms with Gasteiger partial charge in [0.05, 0.1) is 7.11 Å². The summed E-state index contributed by atoms with van der Waals surface area (Å²) < 4.78 is 4.48. The first-order valence-electron chi connectivity index (χ1n) is 7.02. The van der Waals surface area contributed by atoms with Gasteiger partial charge in [-0.05, 0) is 51.9 Å². The van der Waals surface area contributed by atoms with E-state index >= 15 is 0 Å². The van der Waals surface area contributed by atoms with Crippen molar-refractivity contribution in [2.24, 2.45) is 0 Å². The molecule has 2 saturated heterocycles. The normalized spacial score (nSPS) is 22.3. The summed E-state index contributed by atoms with van der Waals surface area (Å²) in [7, 11) is 1.29. The van der Waals surface area contributed by atoms with Crippen molar-refractivity contribution in [3.63, 3.8) is 0 Å². The number of esters is 1. The number of aliphatic hydroxyl groups is 2. The van der Waals surface area contributed by atoms with Gasteiger partial charge in [0, 0.05) is 0 Å². The first-order valence-corrected chi connectivity index (χ1v) is 7.02. The first-order chi connectivity index (χ1) is 9.84. The number of nitrogens with one attached hydrogen (secondary N) is 2. The van der Waals surface area contributed by atoms with Crippen LogP contribution in [0.5, 0.6) is 0 Å². The molecule has 0 aromatic rings. The molecule has 2 aliphatic heterocycles. The number of methoxy groups -OCH3 is 1. The summed E-state index contributed by atoms with van der Waals surface area (Å²) in [5.41, 5.74) is -2.70. The highest BCUT2D eigenvalue weighted by Crippen LogP contribution is 2.19. The Morgan fingerprint density at radius 2 is 1.27 bits per heavy atom. The Morgan fingerprint density at radius 1 is 0.909 bits per heavy atom. The van der Waals surface area contributed by atoms with E-state index in [0.29, 0.717) is 51.9 Å². The molecular formula is C13H25ClN2O6. The van der Waals surface area contributed by atoms with Gasteiger partial charge in [-0.15, -0.1) is 12.4 Å². The molecule has 0 bridgehead atoms. The van der Waals surface area contributed by atoms with Gasteiger partial charge < -0.3 is 30.7 Å². The molecule has 8 nitrogen and oxygen atoms in total. The average molecular weight is 341 g/mol. The average Bonchev–Trinajstić information content (AvgIpc) is 2.48. The Balaban J connectivity index is 0.000000385. The lowest BCUT2D eigenvalue weighted by molar-refractivity contribution is -0.165. The summed E-state index contributed by atoms with van der Waals surface area (Å²) in [6.45, 7) is 2.52. The number of halogens is 1. The zero-order chi connectivity index (χ0) is 15.9. The third kappa shape index (κ3) is 5.69. The van der Waals surface area contributed by atoms with Gasteiger partial charge in [0.2, 0.25) is 0 Å². The molecule has 2 fully saturated rings. The Morgan fingerprint density at radius 3 is 1.55 bits per heavy atom. The summed E-state index contributed by atoms with van der Waals surface area (Å²) in [6.07, 6.45) is 1.50. The maximum atomic E-state index is 11.0. The number of rotatable bonds is 2. The number of hydrogen-bond donors (Lipinski definition) is 5. The van der Waals surface area contributed by atoms with Crippen LogP contribution in [0.3, 0.4) is 0 Å². The second kappa shape index (κ2) is 9.26. The molecule has 5 N–H and O–H groups in total. The predicted molar refractivity (Wildman–Crippen MR) is 81.0 cm³/mol. The van der Waals surface area contributed by atoms with Gasteiger partial charge in [-0.3, -0.25) is 0 Å². The molecule has 9 heteroatoms. The largest absolute Gasteiger partial charge is 0.479 e. The van der Waals surface area contributed by atoms with Crippen LogP contribution in [0.4, 0.5) is 0 Å². The Bertz CT molecular complexity index is 368. The van der Waals surface area contributed by atoms with Crippen molar-refractivity contribution in [1.29, 1.82) is 0 Å². The van der Waals surface area contributed by atoms with Crippen molar-refractivity contribution in [2.75, 3.05) is 33.3 Å². The minimum absolute atomic E-state index is 0. The van der Waals surface area contributed by atoms with E-state index in [1.807, 2.05) is 0 Å². The van der Waals surface area contributed by atoms with Crippen LogP contribution in [-0.2, 0) is 14.3 Å². The van der Waals surface area contributed by atoms with Crippen LogP contribution in [-0.4, -0.2) is 71.7 Å². The molecule has 0 unspecified atom stereocenters. The van der Waals surface area contributed by atoms with Crippen molar-refractivity contribution in [2.45, 2.75) is 36.9 Å². The molecule has 2 rings (SSSR count). The van der Waals surface area contributed by atoms with Crippen molar-refractivity contribution < 1.29 is 29.6 Å². The summed E-state index contributed by atoms with van der Waals surface area (Å²) >= 11 is 0. The standard InChI is InChI=1S/C7H13NO3.C6H11NO3.ClH/c1-11-6(9)7(10)2-4-8-5-3-7;8-5(9)6(10)1-3-7-4-2-6;/h8,10H,2-5H2,1H3;7,10H,1-4H2,(H,8,9);1H. The zero-order valence-corrected chi connectivity index (χ0v) is 13.4. The van der Waals surface area contributed by atoms with Crippen LogP contribution in [0.2, 0.25) is 0 Å². The van der Waals surface area contributed by atoms with Crippen molar-refractivity contribution in [1.82, 2.24) is 10.6 Å². The van der Waals surface area contributed by atoms with Gasteiger partial charge in [0.1, 0.15) is 0 Å². The van der Waals surface area contributed by atoms with Gasteiger partial charge in [-0.25, -0.2) is 9.59 Å². The number of carbonyl (C=O) groups is 2. The van der Waals surface area contributed by atoms with Crippen molar-refractivity contribution >= 4 is 24.3 Å². The minimum Gasteiger partial charge on any atom is -0.479 e. The van der Waals surface area contributed by atoms with Crippen LogP contribution in [0.15, 0.2) is 0 Å². The number of hydrogen-bond acceptors (Lipinski definition) is 7. The van der Waals surface area contributed by atoms with Gasteiger partial charge in [0.25, 0.3) is 0 Å². The highest BCUT2D eigenvalue weighted by molar-refractivity contribution is 5.85. The monoisotopic (exact) mass is 340 g/mol.